The van der Waals surface area contributed by atoms with E-state index in [9.17, 15) is 14.0 Å². The summed E-state index contributed by atoms with van der Waals surface area (Å²) in [5.74, 6) is -1.27. The Bertz CT molecular complexity index is 531. The standard InChI is InChI=1S/C16H19FO3/c1-11-8-12(4-5-13(11)17)14(18)9-16(10-15(19)20)6-2-3-7-16/h4-5,8H,2-3,6-7,9-10H2,1H3,(H,19,20). The van der Waals surface area contributed by atoms with Crippen LogP contribution in [0.1, 0.15) is 54.4 Å². The van der Waals surface area contributed by atoms with Crippen LogP contribution in [0.15, 0.2) is 18.2 Å². The Labute approximate surface area is 117 Å². The van der Waals surface area contributed by atoms with Crippen molar-refractivity contribution in [1.82, 2.24) is 0 Å². The molecule has 0 spiro atoms. The van der Waals surface area contributed by atoms with Crippen LogP contribution in [0.4, 0.5) is 4.39 Å². The number of carbonyl (C=O) groups is 2. The molecule has 1 aliphatic rings. The molecule has 1 aliphatic carbocycles. The van der Waals surface area contributed by atoms with Gasteiger partial charge >= 0.3 is 5.97 Å². The predicted octanol–water partition coefficient (Wildman–Crippen LogP) is 3.74. The van der Waals surface area contributed by atoms with Gasteiger partial charge in [0.15, 0.2) is 5.78 Å². The number of carboxylic acid groups (broad SMARTS) is 1. The zero-order chi connectivity index (χ0) is 14.8. The van der Waals surface area contributed by atoms with Crippen molar-refractivity contribution < 1.29 is 19.1 Å². The highest BCUT2D eigenvalue weighted by atomic mass is 19.1. The van der Waals surface area contributed by atoms with Crippen LogP contribution in [0.25, 0.3) is 0 Å². The molecule has 1 saturated carbocycles. The van der Waals surface area contributed by atoms with Crippen molar-refractivity contribution >= 4 is 11.8 Å². The molecule has 0 bridgehead atoms. The number of carboxylic acids is 1. The SMILES string of the molecule is Cc1cc(C(=O)CC2(CC(=O)O)CCCC2)ccc1F. The van der Waals surface area contributed by atoms with Gasteiger partial charge in [0.2, 0.25) is 0 Å². The van der Waals surface area contributed by atoms with Gasteiger partial charge in [-0.2, -0.15) is 0 Å². The minimum absolute atomic E-state index is 0.0406. The van der Waals surface area contributed by atoms with Crippen LogP contribution in [0.3, 0.4) is 0 Å². The van der Waals surface area contributed by atoms with E-state index in [-0.39, 0.29) is 24.4 Å². The molecule has 1 N–H and O–H groups in total. The molecule has 2 rings (SSSR count). The van der Waals surface area contributed by atoms with Gasteiger partial charge in [-0.25, -0.2) is 4.39 Å². The third-order valence-corrected chi connectivity index (χ3v) is 4.21. The molecule has 1 fully saturated rings. The lowest BCUT2D eigenvalue weighted by Gasteiger charge is -2.26. The molecule has 0 aliphatic heterocycles. The molecule has 3 nitrogen and oxygen atoms in total. The van der Waals surface area contributed by atoms with Crippen molar-refractivity contribution in [2.75, 3.05) is 0 Å². The van der Waals surface area contributed by atoms with Gasteiger partial charge < -0.3 is 5.11 Å². The number of aryl methyl sites for hydroxylation is 1. The number of ketones is 1. The van der Waals surface area contributed by atoms with Crippen molar-refractivity contribution in [2.24, 2.45) is 5.41 Å². The maximum absolute atomic E-state index is 13.2. The van der Waals surface area contributed by atoms with Gasteiger partial charge in [0.1, 0.15) is 5.82 Å². The Morgan fingerprint density at radius 1 is 1.25 bits per heavy atom. The molecule has 1 aromatic rings. The van der Waals surface area contributed by atoms with E-state index in [1.165, 1.54) is 12.1 Å². The second kappa shape index (κ2) is 5.73. The van der Waals surface area contributed by atoms with Crippen LogP contribution >= 0.6 is 0 Å². The molecule has 1 aromatic carbocycles. The Hall–Kier alpha value is -1.71. The number of benzene rings is 1. The van der Waals surface area contributed by atoms with Crippen LogP contribution in [0, 0.1) is 18.2 Å². The summed E-state index contributed by atoms with van der Waals surface area (Å²) in [5, 5.41) is 9.04. The maximum atomic E-state index is 13.2. The molecule has 0 atom stereocenters. The summed E-state index contributed by atoms with van der Waals surface area (Å²) in [6, 6.07) is 4.32. The van der Waals surface area contributed by atoms with Gasteiger partial charge in [-0.1, -0.05) is 12.8 Å². The molecule has 0 unspecified atom stereocenters. The van der Waals surface area contributed by atoms with E-state index in [0.717, 1.165) is 25.7 Å². The second-order valence-corrected chi connectivity index (χ2v) is 5.84. The number of aliphatic carboxylic acids is 1. The van der Waals surface area contributed by atoms with Crippen LogP contribution in [-0.4, -0.2) is 16.9 Å². The molecule has 20 heavy (non-hydrogen) atoms. The van der Waals surface area contributed by atoms with E-state index in [4.69, 9.17) is 5.11 Å². The van der Waals surface area contributed by atoms with Gasteiger partial charge in [-0.05, 0) is 48.9 Å². The summed E-state index contributed by atoms with van der Waals surface area (Å²) in [5.41, 5.74) is 0.501. The Kier molecular flexibility index (Phi) is 4.21. The summed E-state index contributed by atoms with van der Waals surface area (Å²) in [6.07, 6.45) is 3.80. The van der Waals surface area contributed by atoms with E-state index >= 15 is 0 Å². The fourth-order valence-electron chi connectivity index (χ4n) is 3.12. The zero-order valence-corrected chi connectivity index (χ0v) is 11.6. The minimum atomic E-state index is -0.852. The first-order valence-electron chi connectivity index (χ1n) is 6.93. The predicted molar refractivity (Wildman–Crippen MR) is 73.2 cm³/mol. The van der Waals surface area contributed by atoms with Crippen LogP contribution in [-0.2, 0) is 4.79 Å². The van der Waals surface area contributed by atoms with Crippen LogP contribution < -0.4 is 0 Å². The molecular weight excluding hydrogens is 259 g/mol. The van der Waals surface area contributed by atoms with E-state index < -0.39 is 11.4 Å². The lowest BCUT2D eigenvalue weighted by Crippen LogP contribution is -2.24. The van der Waals surface area contributed by atoms with Crippen molar-refractivity contribution in [1.29, 1.82) is 0 Å². The Morgan fingerprint density at radius 2 is 1.90 bits per heavy atom. The average molecular weight is 278 g/mol. The third kappa shape index (κ3) is 3.24. The number of halogens is 1. The molecule has 108 valence electrons. The summed E-state index contributed by atoms with van der Waals surface area (Å²) >= 11 is 0. The normalized spacial score (nSPS) is 17.1. The molecule has 0 amide bonds. The lowest BCUT2D eigenvalue weighted by atomic mass is 9.77. The average Bonchev–Trinajstić information content (AvgIpc) is 2.79. The van der Waals surface area contributed by atoms with Gasteiger partial charge in [-0.15, -0.1) is 0 Å². The van der Waals surface area contributed by atoms with Gasteiger partial charge in [0, 0.05) is 12.0 Å². The quantitative estimate of drug-likeness (QED) is 0.835. The van der Waals surface area contributed by atoms with E-state index in [1.54, 1.807) is 13.0 Å². The fraction of sp³-hybridized carbons (Fsp3) is 0.500. The van der Waals surface area contributed by atoms with Gasteiger partial charge in [-0.3, -0.25) is 9.59 Å². The maximum Gasteiger partial charge on any atom is 0.303 e. The Morgan fingerprint density at radius 3 is 2.45 bits per heavy atom. The molecule has 0 heterocycles. The van der Waals surface area contributed by atoms with Crippen LogP contribution in [0.2, 0.25) is 0 Å². The molecular formula is C16H19FO3. The minimum Gasteiger partial charge on any atom is -0.481 e. The van der Waals surface area contributed by atoms with E-state index in [2.05, 4.69) is 0 Å². The topological polar surface area (TPSA) is 54.4 Å². The highest BCUT2D eigenvalue weighted by Crippen LogP contribution is 2.44. The van der Waals surface area contributed by atoms with Crippen molar-refractivity contribution in [3.63, 3.8) is 0 Å². The second-order valence-electron chi connectivity index (χ2n) is 5.84. The summed E-state index contributed by atoms with van der Waals surface area (Å²) in [6.45, 7) is 1.62. The smallest absolute Gasteiger partial charge is 0.303 e. The first-order valence-corrected chi connectivity index (χ1v) is 6.93. The first kappa shape index (κ1) is 14.7. The monoisotopic (exact) mass is 278 g/mol. The van der Waals surface area contributed by atoms with Gasteiger partial charge in [0.05, 0.1) is 6.42 Å². The first-order chi connectivity index (χ1) is 9.42. The van der Waals surface area contributed by atoms with Crippen molar-refractivity contribution in [2.45, 2.75) is 45.4 Å². The summed E-state index contributed by atoms with van der Waals surface area (Å²) in [4.78, 5) is 23.4. The van der Waals surface area contributed by atoms with Crippen molar-refractivity contribution in [3.8, 4) is 0 Å². The summed E-state index contributed by atoms with van der Waals surface area (Å²) in [7, 11) is 0. The number of hydrogen-bond donors (Lipinski definition) is 1. The van der Waals surface area contributed by atoms with Gasteiger partial charge in [0.25, 0.3) is 0 Å². The molecule has 0 radical (unpaired) electrons. The molecule has 4 heteroatoms. The number of carbonyl (C=O) groups excluding carboxylic acids is 1. The lowest BCUT2D eigenvalue weighted by molar-refractivity contribution is -0.139. The van der Waals surface area contributed by atoms with E-state index in [0.29, 0.717) is 11.1 Å². The highest BCUT2D eigenvalue weighted by Gasteiger charge is 2.38. The Balaban J connectivity index is 2.16. The van der Waals surface area contributed by atoms with Crippen LogP contribution in [0.5, 0.6) is 0 Å². The van der Waals surface area contributed by atoms with Crippen molar-refractivity contribution in [3.05, 3.63) is 35.1 Å². The fourth-order valence-corrected chi connectivity index (χ4v) is 3.12. The highest BCUT2D eigenvalue weighted by molar-refractivity contribution is 5.97. The zero-order valence-electron chi connectivity index (χ0n) is 11.6. The number of Topliss-reactive ketones (excluding diaryl/α,β-unsaturated/α-hetero) is 1. The van der Waals surface area contributed by atoms with E-state index in [1.807, 2.05) is 0 Å². The molecule has 0 saturated heterocycles. The third-order valence-electron chi connectivity index (χ3n) is 4.21. The largest absolute Gasteiger partial charge is 0.481 e. The summed E-state index contributed by atoms with van der Waals surface area (Å²) < 4.78 is 13.2. The number of rotatable bonds is 5. The molecule has 0 aromatic heterocycles. The number of hydrogen-bond acceptors (Lipinski definition) is 2.